The molecule has 4 aromatic rings. The van der Waals surface area contributed by atoms with Gasteiger partial charge >= 0.3 is 0 Å². The Hall–Kier alpha value is -3.12. The number of nitrogens with one attached hydrogen (secondary N) is 1. The topological polar surface area (TPSA) is 60.9 Å². The number of nitrogens with zero attached hydrogens (tertiary/aromatic N) is 5. The average molecular weight is 414 g/mol. The zero-order valence-electron chi connectivity index (χ0n) is 17.8. The SMILES string of the molecule is c1ccc(CCn2nnnc2[C@@H](c2ccc3ncccc3c2)[NH+]2CCCCCC2)cc1. The summed E-state index contributed by atoms with van der Waals surface area (Å²) in [7, 11) is 0. The standard InChI is InChI=1S/C25H28N6/c1-2-7-17-30(16-6-1)24(22-12-13-23-21(19-22)11-8-15-26-23)25-27-28-29-31(25)18-14-20-9-4-3-5-10-20/h3-5,8-13,15,19,24H,1-2,6-7,14,16-18H2/p+1/t24-/m1/s1. The predicted molar refractivity (Wildman–Crippen MR) is 121 cm³/mol. The first-order chi connectivity index (χ1) is 15.4. The first-order valence-corrected chi connectivity index (χ1v) is 11.4. The number of aromatic nitrogens is 5. The van der Waals surface area contributed by atoms with Crippen LogP contribution in [0.2, 0.25) is 0 Å². The van der Waals surface area contributed by atoms with E-state index in [0.29, 0.717) is 0 Å². The van der Waals surface area contributed by atoms with E-state index in [2.05, 4.69) is 75.1 Å². The third kappa shape index (κ3) is 4.49. The van der Waals surface area contributed by atoms with E-state index in [1.807, 2.05) is 16.9 Å². The highest BCUT2D eigenvalue weighted by atomic mass is 15.5. The van der Waals surface area contributed by atoms with Crippen LogP contribution < -0.4 is 4.90 Å². The van der Waals surface area contributed by atoms with Crippen LogP contribution in [0.5, 0.6) is 0 Å². The number of benzene rings is 2. The smallest absolute Gasteiger partial charge is 0.214 e. The van der Waals surface area contributed by atoms with E-state index in [0.717, 1.165) is 37.4 Å². The summed E-state index contributed by atoms with van der Waals surface area (Å²) in [5.41, 5.74) is 3.60. The number of hydrogen-bond donors (Lipinski definition) is 1. The van der Waals surface area contributed by atoms with Gasteiger partial charge in [-0.25, -0.2) is 4.68 Å². The Morgan fingerprint density at radius 1 is 0.903 bits per heavy atom. The molecule has 6 nitrogen and oxygen atoms in total. The van der Waals surface area contributed by atoms with Crippen LogP contribution in [-0.2, 0) is 13.0 Å². The third-order valence-corrected chi connectivity index (χ3v) is 6.39. The van der Waals surface area contributed by atoms with Gasteiger partial charge in [-0.05, 0) is 66.3 Å². The van der Waals surface area contributed by atoms with E-state index in [1.54, 1.807) is 4.90 Å². The van der Waals surface area contributed by atoms with Gasteiger partial charge in [-0.2, -0.15) is 0 Å². The van der Waals surface area contributed by atoms with Crippen molar-refractivity contribution in [3.05, 3.63) is 83.8 Å². The summed E-state index contributed by atoms with van der Waals surface area (Å²) < 4.78 is 2.02. The summed E-state index contributed by atoms with van der Waals surface area (Å²) >= 11 is 0. The minimum Gasteiger partial charge on any atom is -0.322 e. The van der Waals surface area contributed by atoms with Gasteiger partial charge < -0.3 is 4.90 Å². The lowest BCUT2D eigenvalue weighted by atomic mass is 10.0. The molecule has 0 unspecified atom stereocenters. The van der Waals surface area contributed by atoms with E-state index >= 15 is 0 Å². The highest BCUT2D eigenvalue weighted by molar-refractivity contribution is 5.79. The Balaban J connectivity index is 1.50. The van der Waals surface area contributed by atoms with Crippen molar-refractivity contribution in [3.8, 4) is 0 Å². The van der Waals surface area contributed by atoms with Crippen molar-refractivity contribution in [2.75, 3.05) is 13.1 Å². The van der Waals surface area contributed by atoms with Crippen molar-refractivity contribution in [1.82, 2.24) is 25.2 Å². The third-order valence-electron chi connectivity index (χ3n) is 6.39. The van der Waals surface area contributed by atoms with Gasteiger partial charge in [-0.1, -0.05) is 42.5 Å². The molecule has 2 aromatic carbocycles. The monoisotopic (exact) mass is 413 g/mol. The van der Waals surface area contributed by atoms with E-state index in [9.17, 15) is 0 Å². The average Bonchev–Trinajstić information content (AvgIpc) is 3.11. The summed E-state index contributed by atoms with van der Waals surface area (Å²) in [5, 5.41) is 14.2. The zero-order chi connectivity index (χ0) is 20.9. The van der Waals surface area contributed by atoms with Crippen LogP contribution in [0.25, 0.3) is 10.9 Å². The fourth-order valence-corrected chi connectivity index (χ4v) is 4.77. The maximum absolute atomic E-state index is 4.56. The molecular formula is C25H29N6+. The highest BCUT2D eigenvalue weighted by Crippen LogP contribution is 2.22. The number of aryl methyl sites for hydroxylation is 2. The van der Waals surface area contributed by atoms with Gasteiger partial charge in [0.05, 0.1) is 18.6 Å². The molecule has 1 aliphatic heterocycles. The second-order valence-corrected chi connectivity index (χ2v) is 8.46. The van der Waals surface area contributed by atoms with Gasteiger partial charge in [0.2, 0.25) is 5.82 Å². The molecular weight excluding hydrogens is 384 g/mol. The van der Waals surface area contributed by atoms with Crippen molar-refractivity contribution in [1.29, 1.82) is 0 Å². The van der Waals surface area contributed by atoms with Crippen molar-refractivity contribution in [2.45, 2.75) is 44.7 Å². The van der Waals surface area contributed by atoms with Gasteiger partial charge in [-0.3, -0.25) is 4.98 Å². The Morgan fingerprint density at radius 2 is 1.74 bits per heavy atom. The lowest BCUT2D eigenvalue weighted by Crippen LogP contribution is -3.12. The van der Waals surface area contributed by atoms with Crippen LogP contribution in [-0.4, -0.2) is 38.3 Å². The first-order valence-electron chi connectivity index (χ1n) is 11.4. The molecule has 2 aromatic heterocycles. The van der Waals surface area contributed by atoms with Gasteiger partial charge in [0.1, 0.15) is 0 Å². The van der Waals surface area contributed by atoms with Gasteiger partial charge in [0.25, 0.3) is 0 Å². The van der Waals surface area contributed by atoms with Gasteiger partial charge in [0.15, 0.2) is 6.04 Å². The number of quaternary nitrogens is 1. The maximum Gasteiger partial charge on any atom is 0.214 e. The molecule has 0 saturated carbocycles. The molecule has 0 bridgehead atoms. The Labute approximate surface area is 182 Å². The fraction of sp³-hybridized carbons (Fsp3) is 0.360. The predicted octanol–water partition coefficient (Wildman–Crippen LogP) is 3.01. The zero-order valence-corrected chi connectivity index (χ0v) is 17.8. The fourth-order valence-electron chi connectivity index (χ4n) is 4.77. The van der Waals surface area contributed by atoms with Gasteiger partial charge in [-0.15, -0.1) is 5.10 Å². The van der Waals surface area contributed by atoms with E-state index in [-0.39, 0.29) is 6.04 Å². The van der Waals surface area contributed by atoms with Crippen molar-refractivity contribution < 1.29 is 4.90 Å². The number of tetrazole rings is 1. The van der Waals surface area contributed by atoms with Crippen LogP contribution in [0.1, 0.15) is 48.7 Å². The lowest BCUT2D eigenvalue weighted by Gasteiger charge is -2.27. The highest BCUT2D eigenvalue weighted by Gasteiger charge is 2.32. The number of likely N-dealkylation sites (tertiary alicyclic amines) is 1. The first kappa shape index (κ1) is 19.8. The molecule has 31 heavy (non-hydrogen) atoms. The van der Waals surface area contributed by atoms with Crippen LogP contribution >= 0.6 is 0 Å². The lowest BCUT2D eigenvalue weighted by molar-refractivity contribution is -0.925. The number of fused-ring (bicyclic) bond motifs is 1. The molecule has 1 aliphatic rings. The van der Waals surface area contributed by atoms with E-state index in [1.165, 1.54) is 42.2 Å². The summed E-state index contributed by atoms with van der Waals surface area (Å²) in [6.07, 6.45) is 7.92. The summed E-state index contributed by atoms with van der Waals surface area (Å²) in [6, 6.07) is 21.5. The van der Waals surface area contributed by atoms with Crippen LogP contribution in [0.4, 0.5) is 0 Å². The molecule has 5 rings (SSSR count). The summed E-state index contributed by atoms with van der Waals surface area (Å²) in [6.45, 7) is 3.09. The normalized spacial score (nSPS) is 16.3. The van der Waals surface area contributed by atoms with Gasteiger partial charge in [0, 0.05) is 23.7 Å². The largest absolute Gasteiger partial charge is 0.322 e. The van der Waals surface area contributed by atoms with Crippen molar-refractivity contribution in [2.24, 2.45) is 0 Å². The van der Waals surface area contributed by atoms with Crippen LogP contribution in [0, 0.1) is 0 Å². The maximum atomic E-state index is 4.56. The molecule has 158 valence electrons. The molecule has 3 heterocycles. The molecule has 1 atom stereocenters. The van der Waals surface area contributed by atoms with Crippen LogP contribution in [0.15, 0.2) is 66.9 Å². The Morgan fingerprint density at radius 3 is 2.58 bits per heavy atom. The van der Waals surface area contributed by atoms with Crippen molar-refractivity contribution >= 4 is 10.9 Å². The van der Waals surface area contributed by atoms with E-state index in [4.69, 9.17) is 0 Å². The molecule has 0 spiro atoms. The quantitative estimate of drug-likeness (QED) is 0.528. The van der Waals surface area contributed by atoms with Crippen LogP contribution in [0.3, 0.4) is 0 Å². The molecule has 0 amide bonds. The molecule has 6 heteroatoms. The van der Waals surface area contributed by atoms with E-state index < -0.39 is 0 Å². The molecule has 0 radical (unpaired) electrons. The Bertz CT molecular complexity index is 1120. The minimum absolute atomic E-state index is 0.133. The second kappa shape index (κ2) is 9.35. The second-order valence-electron chi connectivity index (χ2n) is 8.46. The molecule has 1 saturated heterocycles. The molecule has 1 N–H and O–H groups in total. The van der Waals surface area contributed by atoms with Crippen molar-refractivity contribution in [3.63, 3.8) is 0 Å². The summed E-state index contributed by atoms with van der Waals surface area (Å²) in [4.78, 5) is 6.07. The number of hydrogen-bond acceptors (Lipinski definition) is 4. The minimum atomic E-state index is 0.133. The summed E-state index contributed by atoms with van der Waals surface area (Å²) in [5.74, 6) is 0.969. The Kier molecular flexibility index (Phi) is 5.98. The molecule has 0 aliphatic carbocycles. The molecule has 1 fully saturated rings. The number of rotatable bonds is 6. The number of pyridine rings is 1.